The highest BCUT2D eigenvalue weighted by Crippen LogP contribution is 2.33. The predicted octanol–water partition coefficient (Wildman–Crippen LogP) is 1.27. The molecule has 148 valence electrons. The van der Waals surface area contributed by atoms with Crippen molar-refractivity contribution in [1.82, 2.24) is 10.2 Å². The topological polar surface area (TPSA) is 77.1 Å². The molecule has 1 N–H and O–H groups in total. The largest absolute Gasteiger partial charge is 0.454 e. The molecular weight excluding hydrogens is 336 g/mol. The summed E-state index contributed by atoms with van der Waals surface area (Å²) in [5.74, 6) is -0.810. The van der Waals surface area contributed by atoms with E-state index in [1.54, 1.807) is 13.0 Å². The molecule has 1 saturated heterocycles. The molecule has 1 aliphatic carbocycles. The molecule has 26 heavy (non-hydrogen) atoms. The highest BCUT2D eigenvalue weighted by atomic mass is 16.6. The molecule has 1 unspecified atom stereocenters. The third-order valence-electron chi connectivity index (χ3n) is 5.22. The van der Waals surface area contributed by atoms with E-state index in [2.05, 4.69) is 16.8 Å². The second kappa shape index (κ2) is 10.6. The molecule has 2 rings (SSSR count). The average Bonchev–Trinajstić information content (AvgIpc) is 2.70. The molecule has 7 nitrogen and oxygen atoms in total. The summed E-state index contributed by atoms with van der Waals surface area (Å²) in [6.07, 6.45) is 6.63. The fraction of sp³-hybridized carbons (Fsp3) is 0.789. The van der Waals surface area contributed by atoms with Crippen molar-refractivity contribution in [2.45, 2.75) is 50.7 Å². The van der Waals surface area contributed by atoms with Crippen molar-refractivity contribution in [1.29, 1.82) is 0 Å². The predicted molar refractivity (Wildman–Crippen MR) is 97.8 cm³/mol. The fourth-order valence-corrected chi connectivity index (χ4v) is 3.70. The minimum atomic E-state index is -0.709. The van der Waals surface area contributed by atoms with Crippen LogP contribution in [-0.4, -0.2) is 74.5 Å². The zero-order valence-electron chi connectivity index (χ0n) is 15.8. The third kappa shape index (κ3) is 6.07. The van der Waals surface area contributed by atoms with Crippen LogP contribution in [0.4, 0.5) is 0 Å². The van der Waals surface area contributed by atoms with Crippen LogP contribution in [-0.2, 0) is 23.8 Å². The zero-order valence-corrected chi connectivity index (χ0v) is 15.8. The van der Waals surface area contributed by atoms with E-state index in [-0.39, 0.29) is 24.7 Å². The van der Waals surface area contributed by atoms with Gasteiger partial charge in [0.2, 0.25) is 0 Å². The van der Waals surface area contributed by atoms with Crippen LogP contribution in [0.2, 0.25) is 0 Å². The smallest absolute Gasteiger partial charge is 0.335 e. The average molecular weight is 368 g/mol. The lowest BCUT2D eigenvalue weighted by molar-refractivity contribution is -0.158. The molecule has 0 aromatic heterocycles. The van der Waals surface area contributed by atoms with Gasteiger partial charge in [0, 0.05) is 25.2 Å². The summed E-state index contributed by atoms with van der Waals surface area (Å²) in [5, 5.41) is 2.97. The summed E-state index contributed by atoms with van der Waals surface area (Å²) in [7, 11) is 0. The standard InChI is InChI=1S/C19H32N2O5/c1-3-11-25-16(2)18(23)26-14-17(22)20-15-19(7-5-4-6-8-19)21-9-12-24-13-10-21/h3,16H,1,4-15H2,2H3,(H,20,22). The van der Waals surface area contributed by atoms with Crippen molar-refractivity contribution in [2.75, 3.05) is 46.1 Å². The number of hydrogen-bond donors (Lipinski definition) is 1. The van der Waals surface area contributed by atoms with Gasteiger partial charge >= 0.3 is 5.97 Å². The minimum absolute atomic E-state index is 0.00205. The van der Waals surface area contributed by atoms with Crippen molar-refractivity contribution < 1.29 is 23.8 Å². The highest BCUT2D eigenvalue weighted by molar-refractivity contribution is 5.81. The molecule has 1 amide bonds. The van der Waals surface area contributed by atoms with Gasteiger partial charge in [-0.3, -0.25) is 9.69 Å². The Kier molecular flexibility index (Phi) is 8.54. The highest BCUT2D eigenvalue weighted by Gasteiger charge is 2.38. The van der Waals surface area contributed by atoms with Gasteiger partial charge in [-0.25, -0.2) is 4.79 Å². The van der Waals surface area contributed by atoms with E-state index in [0.717, 1.165) is 39.1 Å². The molecule has 0 aromatic rings. The van der Waals surface area contributed by atoms with Crippen molar-refractivity contribution in [3.05, 3.63) is 12.7 Å². The number of ether oxygens (including phenoxy) is 3. The Morgan fingerprint density at radius 3 is 2.62 bits per heavy atom. The van der Waals surface area contributed by atoms with Crippen molar-refractivity contribution in [3.63, 3.8) is 0 Å². The second-order valence-electron chi connectivity index (χ2n) is 7.03. The van der Waals surface area contributed by atoms with Gasteiger partial charge in [0.15, 0.2) is 12.7 Å². The number of esters is 1. The Bertz CT molecular complexity index is 471. The van der Waals surface area contributed by atoms with Crippen LogP contribution in [0.15, 0.2) is 12.7 Å². The molecule has 1 saturated carbocycles. The number of carbonyl (C=O) groups excluding carboxylic acids is 2. The van der Waals surface area contributed by atoms with Crippen LogP contribution in [0.25, 0.3) is 0 Å². The Morgan fingerprint density at radius 2 is 1.96 bits per heavy atom. The van der Waals surface area contributed by atoms with E-state index < -0.39 is 12.1 Å². The SMILES string of the molecule is C=CCOC(C)C(=O)OCC(=O)NCC1(N2CCOCC2)CCCCC1. The summed E-state index contributed by atoms with van der Waals surface area (Å²) in [6.45, 7) is 9.01. The molecule has 7 heteroatoms. The van der Waals surface area contributed by atoms with E-state index in [4.69, 9.17) is 14.2 Å². The van der Waals surface area contributed by atoms with Gasteiger partial charge in [0.25, 0.3) is 5.91 Å². The van der Waals surface area contributed by atoms with Gasteiger partial charge < -0.3 is 19.5 Å². The summed E-state index contributed by atoms with van der Waals surface area (Å²) in [6, 6.07) is 0. The molecule has 1 atom stereocenters. The van der Waals surface area contributed by atoms with Gasteiger partial charge in [0.1, 0.15) is 0 Å². The maximum Gasteiger partial charge on any atom is 0.335 e. The maximum absolute atomic E-state index is 12.2. The quantitative estimate of drug-likeness (QED) is 0.488. The number of morpholine rings is 1. The van der Waals surface area contributed by atoms with Gasteiger partial charge in [-0.2, -0.15) is 0 Å². The Morgan fingerprint density at radius 1 is 1.27 bits per heavy atom. The molecule has 2 fully saturated rings. The van der Waals surface area contributed by atoms with Crippen molar-refractivity contribution >= 4 is 11.9 Å². The fourth-order valence-electron chi connectivity index (χ4n) is 3.70. The van der Waals surface area contributed by atoms with E-state index >= 15 is 0 Å². The lowest BCUT2D eigenvalue weighted by Gasteiger charge is -2.48. The lowest BCUT2D eigenvalue weighted by Crippen LogP contribution is -2.59. The summed E-state index contributed by atoms with van der Waals surface area (Å²) >= 11 is 0. The van der Waals surface area contributed by atoms with Gasteiger partial charge in [0.05, 0.1) is 19.8 Å². The normalized spacial score (nSPS) is 21.6. The molecule has 0 spiro atoms. The Labute approximate surface area is 156 Å². The lowest BCUT2D eigenvalue weighted by atomic mass is 9.79. The van der Waals surface area contributed by atoms with Crippen molar-refractivity contribution in [3.8, 4) is 0 Å². The third-order valence-corrected chi connectivity index (χ3v) is 5.22. The minimum Gasteiger partial charge on any atom is -0.454 e. The maximum atomic E-state index is 12.2. The number of nitrogens with one attached hydrogen (secondary N) is 1. The van der Waals surface area contributed by atoms with E-state index in [1.807, 2.05) is 0 Å². The monoisotopic (exact) mass is 368 g/mol. The summed E-state index contributed by atoms with van der Waals surface area (Å²) < 4.78 is 15.7. The summed E-state index contributed by atoms with van der Waals surface area (Å²) in [5.41, 5.74) is 0.00205. The number of nitrogens with zero attached hydrogens (tertiary/aromatic N) is 1. The zero-order chi connectivity index (χ0) is 18.8. The van der Waals surface area contributed by atoms with Gasteiger partial charge in [-0.05, 0) is 19.8 Å². The number of carbonyl (C=O) groups is 2. The molecule has 0 aromatic carbocycles. The molecule has 2 aliphatic rings. The molecular formula is C19H32N2O5. The first kappa shape index (κ1) is 20.9. The van der Waals surface area contributed by atoms with Crippen LogP contribution in [0.5, 0.6) is 0 Å². The van der Waals surface area contributed by atoms with Gasteiger partial charge in [-0.1, -0.05) is 25.3 Å². The first-order valence-corrected chi connectivity index (χ1v) is 9.56. The number of amides is 1. The summed E-state index contributed by atoms with van der Waals surface area (Å²) in [4.78, 5) is 26.4. The van der Waals surface area contributed by atoms with Crippen LogP contribution in [0.3, 0.4) is 0 Å². The first-order chi connectivity index (χ1) is 12.6. The van der Waals surface area contributed by atoms with Crippen LogP contribution >= 0.6 is 0 Å². The Hall–Kier alpha value is -1.44. The van der Waals surface area contributed by atoms with Crippen LogP contribution < -0.4 is 5.32 Å². The van der Waals surface area contributed by atoms with Gasteiger partial charge in [-0.15, -0.1) is 6.58 Å². The second-order valence-corrected chi connectivity index (χ2v) is 7.03. The van der Waals surface area contributed by atoms with Crippen LogP contribution in [0, 0.1) is 0 Å². The molecule has 1 heterocycles. The van der Waals surface area contributed by atoms with E-state index in [1.165, 1.54) is 19.3 Å². The molecule has 1 aliphatic heterocycles. The van der Waals surface area contributed by atoms with Crippen LogP contribution in [0.1, 0.15) is 39.0 Å². The van der Waals surface area contributed by atoms with Crippen molar-refractivity contribution in [2.24, 2.45) is 0 Å². The number of hydrogen-bond acceptors (Lipinski definition) is 6. The van der Waals surface area contributed by atoms with E-state index in [9.17, 15) is 9.59 Å². The molecule has 0 bridgehead atoms. The molecule has 0 radical (unpaired) electrons. The van der Waals surface area contributed by atoms with E-state index in [0.29, 0.717) is 6.54 Å². The Balaban J connectivity index is 1.79. The number of rotatable bonds is 9. The first-order valence-electron chi connectivity index (χ1n) is 9.56.